The number of methoxy groups -OCH3 is 1. The number of aromatic nitrogens is 3. The van der Waals surface area contributed by atoms with E-state index in [2.05, 4.69) is 27.1 Å². The van der Waals surface area contributed by atoms with Gasteiger partial charge in [0.25, 0.3) is 0 Å². The maximum atomic E-state index is 14.6. The van der Waals surface area contributed by atoms with Crippen molar-refractivity contribution in [1.82, 2.24) is 15.0 Å². The van der Waals surface area contributed by atoms with E-state index in [0.717, 1.165) is 48.8 Å². The first-order chi connectivity index (χ1) is 17.8. The van der Waals surface area contributed by atoms with E-state index in [1.165, 1.54) is 18.2 Å². The van der Waals surface area contributed by atoms with Crippen molar-refractivity contribution in [3.05, 3.63) is 59.5 Å². The van der Waals surface area contributed by atoms with E-state index >= 15 is 0 Å². The Morgan fingerprint density at radius 3 is 2.57 bits per heavy atom. The van der Waals surface area contributed by atoms with Crippen LogP contribution < -0.4 is 10.2 Å². The van der Waals surface area contributed by atoms with Gasteiger partial charge in [0, 0.05) is 50.6 Å². The summed E-state index contributed by atoms with van der Waals surface area (Å²) in [6, 6.07) is 6.93. The summed E-state index contributed by atoms with van der Waals surface area (Å²) in [4.78, 5) is 14.6. The summed E-state index contributed by atoms with van der Waals surface area (Å²) in [6.45, 7) is 6.59. The number of pyridine rings is 1. The molecule has 1 aliphatic rings. The molecule has 0 bridgehead atoms. The Balaban J connectivity index is 1.78. The number of ether oxygens (including phenoxy) is 1. The van der Waals surface area contributed by atoms with Gasteiger partial charge in [0.05, 0.1) is 23.4 Å². The van der Waals surface area contributed by atoms with Crippen LogP contribution in [0.1, 0.15) is 25.3 Å². The number of hydrogen-bond donors (Lipinski definition) is 2. The molecular weight excluding hydrogens is 479 g/mol. The Morgan fingerprint density at radius 2 is 1.84 bits per heavy atom. The third kappa shape index (κ3) is 5.13. The first-order valence-corrected chi connectivity index (χ1v) is 12.5. The number of aryl methyl sites for hydroxylation is 1. The Hall–Kier alpha value is -3.59. The molecule has 0 radical (unpaired) electrons. The van der Waals surface area contributed by atoms with Crippen LogP contribution in [0.25, 0.3) is 33.5 Å². The van der Waals surface area contributed by atoms with Crippen molar-refractivity contribution < 1.29 is 17.9 Å². The van der Waals surface area contributed by atoms with Gasteiger partial charge in [-0.1, -0.05) is 13.0 Å². The average molecular weight is 510 g/mol. The minimum atomic E-state index is -0.721. The number of anilines is 2. The molecular formula is C28H30F3N5O. The van der Waals surface area contributed by atoms with Crippen LogP contribution in [0.15, 0.2) is 36.5 Å². The van der Waals surface area contributed by atoms with E-state index in [-0.39, 0.29) is 16.9 Å². The minimum absolute atomic E-state index is 0.115. The van der Waals surface area contributed by atoms with E-state index in [1.54, 1.807) is 13.3 Å². The van der Waals surface area contributed by atoms with Crippen LogP contribution in [-0.4, -0.2) is 48.3 Å². The number of fused-ring (bicyclic) bond motifs is 1. The molecule has 5 rings (SSSR count). The largest absolute Gasteiger partial charge is 0.383 e. The van der Waals surface area contributed by atoms with Crippen LogP contribution in [0.5, 0.6) is 0 Å². The van der Waals surface area contributed by atoms with Crippen molar-refractivity contribution in [3.8, 4) is 22.5 Å². The Morgan fingerprint density at radius 1 is 1.08 bits per heavy atom. The van der Waals surface area contributed by atoms with Gasteiger partial charge in [-0.05, 0) is 48.9 Å². The summed E-state index contributed by atoms with van der Waals surface area (Å²) in [5.41, 5.74) is 3.98. The van der Waals surface area contributed by atoms with Crippen LogP contribution in [-0.2, 0) is 4.74 Å². The third-order valence-corrected chi connectivity index (χ3v) is 6.85. The fraction of sp³-hybridized carbons (Fsp3) is 0.357. The molecule has 0 unspecified atom stereocenters. The van der Waals surface area contributed by atoms with Gasteiger partial charge in [-0.25, -0.2) is 23.1 Å². The number of nitrogens with zero attached hydrogens (tertiary/aromatic N) is 3. The zero-order valence-corrected chi connectivity index (χ0v) is 21.2. The van der Waals surface area contributed by atoms with Gasteiger partial charge in [0.2, 0.25) is 0 Å². The molecule has 0 amide bonds. The van der Waals surface area contributed by atoms with Crippen LogP contribution in [0.4, 0.5) is 24.7 Å². The van der Waals surface area contributed by atoms with Crippen LogP contribution >= 0.6 is 0 Å². The van der Waals surface area contributed by atoms with Crippen LogP contribution in [0.2, 0.25) is 0 Å². The number of H-pyrrole nitrogens is 1. The molecule has 37 heavy (non-hydrogen) atoms. The molecule has 3 heterocycles. The minimum Gasteiger partial charge on any atom is -0.383 e. The molecule has 2 N–H and O–H groups in total. The summed E-state index contributed by atoms with van der Waals surface area (Å²) in [5.74, 6) is -0.282. The third-order valence-electron chi connectivity index (χ3n) is 6.85. The van der Waals surface area contributed by atoms with Crippen molar-refractivity contribution in [2.45, 2.75) is 26.7 Å². The molecule has 0 atom stereocenters. The highest BCUT2D eigenvalue weighted by Crippen LogP contribution is 2.44. The molecule has 0 spiro atoms. The molecule has 1 aliphatic heterocycles. The molecule has 1 saturated heterocycles. The lowest BCUT2D eigenvalue weighted by molar-refractivity contribution is 0.210. The van der Waals surface area contributed by atoms with Crippen molar-refractivity contribution in [2.24, 2.45) is 5.92 Å². The van der Waals surface area contributed by atoms with Gasteiger partial charge in [0.1, 0.15) is 28.8 Å². The van der Waals surface area contributed by atoms with Gasteiger partial charge in [-0.15, -0.1) is 0 Å². The van der Waals surface area contributed by atoms with Gasteiger partial charge in [-0.3, -0.25) is 0 Å². The predicted molar refractivity (Wildman–Crippen MR) is 140 cm³/mol. The highest BCUT2D eigenvalue weighted by Gasteiger charge is 2.27. The maximum Gasteiger partial charge on any atom is 0.151 e. The lowest BCUT2D eigenvalue weighted by atomic mass is 9.94. The molecule has 194 valence electrons. The lowest BCUT2D eigenvalue weighted by Crippen LogP contribution is -2.34. The van der Waals surface area contributed by atoms with E-state index in [4.69, 9.17) is 9.72 Å². The molecule has 1 fully saturated rings. The summed E-state index contributed by atoms with van der Waals surface area (Å²) in [5, 5.41) is 3.31. The molecule has 0 saturated carbocycles. The van der Waals surface area contributed by atoms with Gasteiger partial charge >= 0.3 is 0 Å². The SMILES string of the molecule is COCCNc1ncc(-c2cc(C)cc(F)c2)c(N2CCC(C)CC2)c1-c1nc2cc(F)cc(F)c2[nH]1. The second kappa shape index (κ2) is 10.4. The lowest BCUT2D eigenvalue weighted by Gasteiger charge is -2.35. The molecule has 9 heteroatoms. The summed E-state index contributed by atoms with van der Waals surface area (Å²) in [7, 11) is 1.61. The zero-order valence-electron chi connectivity index (χ0n) is 21.2. The zero-order chi connectivity index (χ0) is 26.1. The molecule has 0 aliphatic carbocycles. The first-order valence-electron chi connectivity index (χ1n) is 12.5. The number of rotatable bonds is 7. The molecule has 2 aromatic heterocycles. The van der Waals surface area contributed by atoms with Crippen molar-refractivity contribution in [1.29, 1.82) is 0 Å². The Kier molecular flexibility index (Phi) is 7.06. The van der Waals surface area contributed by atoms with E-state index in [0.29, 0.717) is 41.8 Å². The quantitative estimate of drug-likeness (QED) is 0.286. The number of piperidine rings is 1. The molecule has 2 aromatic carbocycles. The fourth-order valence-corrected chi connectivity index (χ4v) is 4.95. The average Bonchev–Trinajstić information content (AvgIpc) is 3.28. The summed E-state index contributed by atoms with van der Waals surface area (Å²) >= 11 is 0. The fourth-order valence-electron chi connectivity index (χ4n) is 4.95. The first kappa shape index (κ1) is 25.1. The second-order valence-electron chi connectivity index (χ2n) is 9.72. The van der Waals surface area contributed by atoms with E-state index in [9.17, 15) is 13.2 Å². The normalized spacial score (nSPS) is 14.5. The highest BCUT2D eigenvalue weighted by atomic mass is 19.1. The Labute approximate surface area is 213 Å². The maximum absolute atomic E-state index is 14.6. The standard InChI is InChI=1S/C28H30F3N5O/c1-16-4-7-36(8-5-16)26-21(18-10-17(2)11-19(29)12-18)15-33-27(32-6-9-37-3)24(26)28-34-23-14-20(30)13-22(31)25(23)35-28/h10-16H,4-9H2,1-3H3,(H,32,33)(H,34,35). The number of nitrogens with one attached hydrogen (secondary N) is 2. The number of hydrogen-bond acceptors (Lipinski definition) is 5. The molecule has 6 nitrogen and oxygen atoms in total. The molecule has 4 aromatic rings. The summed E-state index contributed by atoms with van der Waals surface area (Å²) in [6.07, 6.45) is 3.73. The number of imidazole rings is 1. The number of halogens is 3. The number of aromatic amines is 1. The predicted octanol–water partition coefficient (Wildman–Crippen LogP) is 6.31. The van der Waals surface area contributed by atoms with Gasteiger partial charge < -0.3 is 19.9 Å². The topological polar surface area (TPSA) is 66.1 Å². The summed E-state index contributed by atoms with van der Waals surface area (Å²) < 4.78 is 48.4. The van der Waals surface area contributed by atoms with Crippen molar-refractivity contribution in [3.63, 3.8) is 0 Å². The van der Waals surface area contributed by atoms with Crippen molar-refractivity contribution in [2.75, 3.05) is 43.6 Å². The van der Waals surface area contributed by atoms with E-state index in [1.807, 2.05) is 13.0 Å². The highest BCUT2D eigenvalue weighted by molar-refractivity contribution is 5.96. The Bertz CT molecular complexity index is 1410. The monoisotopic (exact) mass is 509 g/mol. The van der Waals surface area contributed by atoms with Crippen molar-refractivity contribution >= 4 is 22.5 Å². The smallest absolute Gasteiger partial charge is 0.151 e. The van der Waals surface area contributed by atoms with Crippen LogP contribution in [0.3, 0.4) is 0 Å². The van der Waals surface area contributed by atoms with E-state index < -0.39 is 11.6 Å². The van der Waals surface area contributed by atoms with Gasteiger partial charge in [0.15, 0.2) is 5.82 Å². The number of benzene rings is 2. The second-order valence-corrected chi connectivity index (χ2v) is 9.72. The van der Waals surface area contributed by atoms with Crippen LogP contribution in [0, 0.1) is 30.3 Å². The van der Waals surface area contributed by atoms with Gasteiger partial charge in [-0.2, -0.15) is 0 Å².